The number of hydrogen-bond acceptors (Lipinski definition) is 4. The van der Waals surface area contributed by atoms with Crippen molar-refractivity contribution in [2.24, 2.45) is 5.92 Å². The standard InChI is InChI=1S/C14H20N2O2/c1-10(17)12-5-8-16(9-6-12)14-13(11(2)18)4-3-7-15-14/h3-4,7,10,12,17H,5-6,8-9H2,1-2H3. The van der Waals surface area contributed by atoms with Crippen LogP contribution in [0, 0.1) is 5.92 Å². The van der Waals surface area contributed by atoms with E-state index in [9.17, 15) is 9.90 Å². The second-order valence-corrected chi connectivity index (χ2v) is 5.00. The molecule has 2 rings (SSSR count). The minimum Gasteiger partial charge on any atom is -0.393 e. The average molecular weight is 248 g/mol. The Kier molecular flexibility index (Phi) is 3.97. The molecule has 1 fully saturated rings. The molecular formula is C14H20N2O2. The lowest BCUT2D eigenvalue weighted by atomic mass is 9.92. The van der Waals surface area contributed by atoms with E-state index in [0.717, 1.165) is 31.7 Å². The van der Waals surface area contributed by atoms with E-state index < -0.39 is 0 Å². The summed E-state index contributed by atoms with van der Waals surface area (Å²) in [5.74, 6) is 1.20. The van der Waals surface area contributed by atoms with Crippen LogP contribution in [0.3, 0.4) is 0 Å². The summed E-state index contributed by atoms with van der Waals surface area (Å²) in [6, 6.07) is 3.62. The summed E-state index contributed by atoms with van der Waals surface area (Å²) in [7, 11) is 0. The van der Waals surface area contributed by atoms with Crippen molar-refractivity contribution in [2.45, 2.75) is 32.8 Å². The molecule has 2 heterocycles. The number of carbonyl (C=O) groups excluding carboxylic acids is 1. The van der Waals surface area contributed by atoms with Crippen LogP contribution in [0.5, 0.6) is 0 Å². The van der Waals surface area contributed by atoms with E-state index >= 15 is 0 Å². The molecule has 18 heavy (non-hydrogen) atoms. The number of carbonyl (C=O) groups is 1. The molecule has 1 aliphatic heterocycles. The molecule has 4 heteroatoms. The molecule has 1 unspecified atom stereocenters. The number of aliphatic hydroxyl groups is 1. The van der Waals surface area contributed by atoms with E-state index in [2.05, 4.69) is 9.88 Å². The van der Waals surface area contributed by atoms with Gasteiger partial charge in [0.15, 0.2) is 5.78 Å². The van der Waals surface area contributed by atoms with Crippen LogP contribution in [-0.2, 0) is 0 Å². The van der Waals surface area contributed by atoms with Crippen LogP contribution in [0.2, 0.25) is 0 Å². The molecule has 98 valence electrons. The summed E-state index contributed by atoms with van der Waals surface area (Å²) in [5, 5.41) is 9.59. The third-order valence-electron chi connectivity index (χ3n) is 3.69. The van der Waals surface area contributed by atoms with Crippen molar-refractivity contribution in [3.05, 3.63) is 23.9 Å². The third-order valence-corrected chi connectivity index (χ3v) is 3.69. The van der Waals surface area contributed by atoms with Crippen LogP contribution in [-0.4, -0.2) is 35.1 Å². The molecule has 1 atom stereocenters. The van der Waals surface area contributed by atoms with Crippen molar-refractivity contribution in [1.29, 1.82) is 0 Å². The van der Waals surface area contributed by atoms with Gasteiger partial charge in [-0.05, 0) is 44.7 Å². The Labute approximate surface area is 108 Å². The van der Waals surface area contributed by atoms with Gasteiger partial charge >= 0.3 is 0 Å². The molecule has 1 saturated heterocycles. The maximum absolute atomic E-state index is 11.6. The van der Waals surface area contributed by atoms with E-state index in [1.807, 2.05) is 13.0 Å². The molecule has 1 aromatic rings. The molecule has 1 aliphatic rings. The second kappa shape index (κ2) is 5.48. The molecule has 0 saturated carbocycles. The van der Waals surface area contributed by atoms with Gasteiger partial charge in [-0.2, -0.15) is 0 Å². The van der Waals surface area contributed by atoms with Crippen molar-refractivity contribution in [3.8, 4) is 0 Å². The Bertz CT molecular complexity index is 424. The Morgan fingerprint density at radius 1 is 1.50 bits per heavy atom. The highest BCUT2D eigenvalue weighted by Crippen LogP contribution is 2.26. The summed E-state index contributed by atoms with van der Waals surface area (Å²) in [5.41, 5.74) is 0.688. The molecule has 0 aromatic carbocycles. The Morgan fingerprint density at radius 2 is 2.17 bits per heavy atom. The number of Topliss-reactive ketones (excluding diaryl/α,β-unsaturated/α-hetero) is 1. The Morgan fingerprint density at radius 3 is 2.72 bits per heavy atom. The van der Waals surface area contributed by atoms with E-state index in [-0.39, 0.29) is 11.9 Å². The number of piperidine rings is 1. The van der Waals surface area contributed by atoms with Crippen LogP contribution in [0.1, 0.15) is 37.0 Å². The van der Waals surface area contributed by atoms with Crippen LogP contribution >= 0.6 is 0 Å². The van der Waals surface area contributed by atoms with Crippen LogP contribution < -0.4 is 4.90 Å². The lowest BCUT2D eigenvalue weighted by Gasteiger charge is -2.34. The maximum atomic E-state index is 11.6. The first kappa shape index (κ1) is 13.0. The largest absolute Gasteiger partial charge is 0.393 e. The molecule has 0 bridgehead atoms. The quantitative estimate of drug-likeness (QED) is 0.830. The van der Waals surface area contributed by atoms with Gasteiger partial charge in [-0.25, -0.2) is 4.98 Å². The fourth-order valence-corrected chi connectivity index (χ4v) is 2.52. The lowest BCUT2D eigenvalue weighted by molar-refractivity contribution is 0.101. The minimum absolute atomic E-state index is 0.0516. The van der Waals surface area contributed by atoms with Crippen molar-refractivity contribution >= 4 is 11.6 Å². The predicted molar refractivity (Wildman–Crippen MR) is 70.9 cm³/mol. The predicted octanol–water partition coefficient (Wildman–Crippen LogP) is 1.88. The van der Waals surface area contributed by atoms with E-state index in [0.29, 0.717) is 11.5 Å². The Hall–Kier alpha value is -1.42. The van der Waals surface area contributed by atoms with Crippen molar-refractivity contribution < 1.29 is 9.90 Å². The molecule has 0 amide bonds. The van der Waals surface area contributed by atoms with Gasteiger partial charge < -0.3 is 10.0 Å². The van der Waals surface area contributed by atoms with Crippen molar-refractivity contribution in [2.75, 3.05) is 18.0 Å². The molecule has 0 radical (unpaired) electrons. The monoisotopic (exact) mass is 248 g/mol. The first-order chi connectivity index (χ1) is 8.59. The zero-order valence-electron chi connectivity index (χ0n) is 11.0. The molecule has 0 spiro atoms. The zero-order chi connectivity index (χ0) is 13.1. The number of anilines is 1. The normalized spacial score (nSPS) is 18.7. The number of nitrogens with zero attached hydrogens (tertiary/aromatic N) is 2. The van der Waals surface area contributed by atoms with Crippen LogP contribution in [0.15, 0.2) is 18.3 Å². The fourth-order valence-electron chi connectivity index (χ4n) is 2.52. The molecule has 4 nitrogen and oxygen atoms in total. The maximum Gasteiger partial charge on any atom is 0.163 e. The van der Waals surface area contributed by atoms with Gasteiger partial charge in [0.2, 0.25) is 0 Å². The zero-order valence-corrected chi connectivity index (χ0v) is 11.0. The van der Waals surface area contributed by atoms with E-state index in [4.69, 9.17) is 0 Å². The Balaban J connectivity index is 2.12. The number of aromatic nitrogens is 1. The average Bonchev–Trinajstić information content (AvgIpc) is 2.39. The minimum atomic E-state index is -0.247. The van der Waals surface area contributed by atoms with Gasteiger partial charge in [-0.15, -0.1) is 0 Å². The van der Waals surface area contributed by atoms with Gasteiger partial charge in [0.1, 0.15) is 5.82 Å². The lowest BCUT2D eigenvalue weighted by Crippen LogP contribution is -2.38. The van der Waals surface area contributed by atoms with Crippen LogP contribution in [0.4, 0.5) is 5.82 Å². The van der Waals surface area contributed by atoms with Crippen LogP contribution in [0.25, 0.3) is 0 Å². The van der Waals surface area contributed by atoms with Gasteiger partial charge in [0, 0.05) is 19.3 Å². The number of rotatable bonds is 3. The highest BCUT2D eigenvalue weighted by molar-refractivity contribution is 5.98. The van der Waals surface area contributed by atoms with Gasteiger partial charge in [0.05, 0.1) is 11.7 Å². The summed E-state index contributed by atoms with van der Waals surface area (Å²) in [4.78, 5) is 18.1. The third kappa shape index (κ3) is 2.70. The number of ketones is 1. The summed E-state index contributed by atoms with van der Waals surface area (Å²) < 4.78 is 0. The van der Waals surface area contributed by atoms with E-state index in [1.165, 1.54) is 0 Å². The van der Waals surface area contributed by atoms with E-state index in [1.54, 1.807) is 19.2 Å². The number of hydrogen-bond donors (Lipinski definition) is 1. The van der Waals surface area contributed by atoms with Gasteiger partial charge in [0.25, 0.3) is 0 Å². The highest BCUT2D eigenvalue weighted by Gasteiger charge is 2.25. The highest BCUT2D eigenvalue weighted by atomic mass is 16.3. The first-order valence-corrected chi connectivity index (χ1v) is 6.48. The van der Waals surface area contributed by atoms with Gasteiger partial charge in [-0.3, -0.25) is 4.79 Å². The second-order valence-electron chi connectivity index (χ2n) is 5.00. The molecule has 1 N–H and O–H groups in total. The number of aliphatic hydroxyl groups excluding tert-OH is 1. The summed E-state index contributed by atoms with van der Waals surface area (Å²) >= 11 is 0. The fraction of sp³-hybridized carbons (Fsp3) is 0.571. The molecule has 0 aliphatic carbocycles. The molecular weight excluding hydrogens is 228 g/mol. The molecule has 1 aromatic heterocycles. The van der Waals surface area contributed by atoms with Crippen molar-refractivity contribution in [3.63, 3.8) is 0 Å². The summed E-state index contributed by atoms with van der Waals surface area (Å²) in [6.07, 6.45) is 3.38. The SMILES string of the molecule is CC(=O)c1cccnc1N1CCC(C(C)O)CC1. The topological polar surface area (TPSA) is 53.4 Å². The van der Waals surface area contributed by atoms with Crippen molar-refractivity contribution in [1.82, 2.24) is 4.98 Å². The van der Waals surface area contributed by atoms with Gasteiger partial charge in [-0.1, -0.05) is 0 Å². The smallest absolute Gasteiger partial charge is 0.163 e. The first-order valence-electron chi connectivity index (χ1n) is 6.48. The number of pyridine rings is 1. The summed E-state index contributed by atoms with van der Waals surface area (Å²) in [6.45, 7) is 5.13.